The summed E-state index contributed by atoms with van der Waals surface area (Å²) in [5, 5.41) is 9.68. The quantitative estimate of drug-likeness (QED) is 0.531. The Kier molecular flexibility index (Phi) is 4.61. The second kappa shape index (κ2) is 6.83. The number of aromatic nitrogens is 5. The molecule has 0 bridgehead atoms. The molecule has 1 aromatic carbocycles. The molecule has 0 aliphatic heterocycles. The molecule has 124 valence electrons. The van der Waals surface area contributed by atoms with E-state index in [9.17, 15) is 9.59 Å². The fourth-order valence-corrected chi connectivity index (χ4v) is 3.15. The van der Waals surface area contributed by atoms with E-state index < -0.39 is 5.25 Å². The average Bonchev–Trinajstić information content (AvgIpc) is 3.09. The van der Waals surface area contributed by atoms with Crippen LogP contribution in [-0.2, 0) is 4.79 Å². The number of nitrogens with one attached hydrogen (secondary N) is 2. The van der Waals surface area contributed by atoms with Crippen molar-refractivity contribution in [1.29, 1.82) is 0 Å². The number of H-pyrrole nitrogens is 1. The molecule has 0 aliphatic rings. The van der Waals surface area contributed by atoms with E-state index in [0.717, 1.165) is 0 Å². The van der Waals surface area contributed by atoms with Crippen LogP contribution < -0.4 is 10.9 Å². The van der Waals surface area contributed by atoms with Crippen molar-refractivity contribution in [3.05, 3.63) is 40.9 Å². The number of hydrogen-bond acceptors (Lipinski definition) is 6. The van der Waals surface area contributed by atoms with Gasteiger partial charge < -0.3 is 5.32 Å². The van der Waals surface area contributed by atoms with E-state index >= 15 is 0 Å². The Labute approximate surface area is 141 Å². The summed E-state index contributed by atoms with van der Waals surface area (Å²) in [7, 11) is 0. The number of thioether (sulfide) groups is 1. The van der Waals surface area contributed by atoms with Gasteiger partial charge in [-0.2, -0.15) is 10.1 Å². The second-order valence-corrected chi connectivity index (χ2v) is 6.32. The first-order chi connectivity index (χ1) is 11.6. The van der Waals surface area contributed by atoms with E-state index in [1.807, 2.05) is 13.0 Å². The van der Waals surface area contributed by atoms with Crippen LogP contribution in [0.5, 0.6) is 0 Å². The molecule has 0 spiro atoms. The Hall–Kier alpha value is -2.68. The Bertz CT molecular complexity index is 921. The van der Waals surface area contributed by atoms with Gasteiger partial charge >= 0.3 is 0 Å². The Balaban J connectivity index is 2.13. The third-order valence-corrected chi connectivity index (χ3v) is 4.41. The van der Waals surface area contributed by atoms with Crippen LogP contribution >= 0.6 is 11.8 Å². The van der Waals surface area contributed by atoms with Crippen molar-refractivity contribution >= 4 is 28.6 Å². The van der Waals surface area contributed by atoms with Gasteiger partial charge in [-0.3, -0.25) is 9.59 Å². The van der Waals surface area contributed by atoms with Crippen molar-refractivity contribution in [1.82, 2.24) is 30.0 Å². The highest BCUT2D eigenvalue weighted by atomic mass is 32.2. The van der Waals surface area contributed by atoms with Gasteiger partial charge in [0.25, 0.3) is 5.56 Å². The fraction of sp³-hybridized carbons (Fsp3) is 0.267. The Morgan fingerprint density at radius 1 is 1.42 bits per heavy atom. The summed E-state index contributed by atoms with van der Waals surface area (Å²) in [5.41, 5.74) is 0.312. The largest absolute Gasteiger partial charge is 0.355 e. The molecule has 0 unspecified atom stereocenters. The predicted molar refractivity (Wildman–Crippen MR) is 91.3 cm³/mol. The molecule has 0 saturated heterocycles. The predicted octanol–water partition coefficient (Wildman–Crippen LogP) is 1.12. The third-order valence-electron chi connectivity index (χ3n) is 3.36. The number of amides is 1. The molecule has 1 amide bonds. The van der Waals surface area contributed by atoms with Gasteiger partial charge in [0, 0.05) is 6.54 Å². The third kappa shape index (κ3) is 3.02. The molecule has 3 rings (SSSR count). The Morgan fingerprint density at radius 3 is 2.92 bits per heavy atom. The van der Waals surface area contributed by atoms with Crippen LogP contribution in [0.3, 0.4) is 0 Å². The maximum atomic E-state index is 12.8. The lowest BCUT2D eigenvalue weighted by atomic mass is 10.2. The highest BCUT2D eigenvalue weighted by Gasteiger charge is 2.20. The van der Waals surface area contributed by atoms with E-state index in [0.29, 0.717) is 22.6 Å². The van der Waals surface area contributed by atoms with E-state index in [4.69, 9.17) is 0 Å². The van der Waals surface area contributed by atoms with Gasteiger partial charge in [-0.05, 0) is 26.0 Å². The highest BCUT2D eigenvalue weighted by molar-refractivity contribution is 8.00. The fourth-order valence-electron chi connectivity index (χ4n) is 2.21. The van der Waals surface area contributed by atoms with Crippen molar-refractivity contribution in [3.8, 4) is 5.95 Å². The van der Waals surface area contributed by atoms with Crippen molar-refractivity contribution in [2.75, 3.05) is 6.54 Å². The van der Waals surface area contributed by atoms with E-state index in [2.05, 4.69) is 25.5 Å². The molecular weight excluding hydrogens is 328 g/mol. The van der Waals surface area contributed by atoms with Gasteiger partial charge in [0.1, 0.15) is 6.33 Å². The minimum atomic E-state index is -0.410. The van der Waals surface area contributed by atoms with Crippen LogP contribution in [0.4, 0.5) is 0 Å². The number of carbonyl (C=O) groups is 1. The molecular formula is C15H16N6O2S. The van der Waals surface area contributed by atoms with E-state index in [1.54, 1.807) is 25.1 Å². The SMILES string of the molecule is CCNC(=O)[C@H](C)Sc1nc2ccccc2c(=O)n1-c1ncn[nH]1. The van der Waals surface area contributed by atoms with Crippen LogP contribution in [-0.4, -0.2) is 42.4 Å². The first-order valence-electron chi connectivity index (χ1n) is 7.43. The molecule has 24 heavy (non-hydrogen) atoms. The summed E-state index contributed by atoms with van der Waals surface area (Å²) in [4.78, 5) is 33.4. The van der Waals surface area contributed by atoms with Crippen molar-refractivity contribution in [3.63, 3.8) is 0 Å². The van der Waals surface area contributed by atoms with Crippen LogP contribution in [0.25, 0.3) is 16.9 Å². The van der Waals surface area contributed by atoms with Gasteiger partial charge in [0.05, 0.1) is 16.2 Å². The van der Waals surface area contributed by atoms with Gasteiger partial charge in [-0.25, -0.2) is 14.6 Å². The lowest BCUT2D eigenvalue weighted by Crippen LogP contribution is -2.31. The van der Waals surface area contributed by atoms with Crippen molar-refractivity contribution < 1.29 is 4.79 Å². The van der Waals surface area contributed by atoms with Gasteiger partial charge in [-0.15, -0.1) is 0 Å². The van der Waals surface area contributed by atoms with E-state index in [-0.39, 0.29) is 17.4 Å². The summed E-state index contributed by atoms with van der Waals surface area (Å²) >= 11 is 1.20. The molecule has 0 aliphatic carbocycles. The van der Waals surface area contributed by atoms with Gasteiger partial charge in [0.15, 0.2) is 5.16 Å². The van der Waals surface area contributed by atoms with Gasteiger partial charge in [0.2, 0.25) is 11.9 Å². The van der Waals surface area contributed by atoms with Crippen LogP contribution in [0.1, 0.15) is 13.8 Å². The van der Waals surface area contributed by atoms with Crippen LogP contribution in [0.15, 0.2) is 40.5 Å². The maximum Gasteiger partial charge on any atom is 0.269 e. The number of para-hydroxylation sites is 1. The second-order valence-electron chi connectivity index (χ2n) is 5.02. The topological polar surface area (TPSA) is 106 Å². The van der Waals surface area contributed by atoms with Crippen molar-refractivity contribution in [2.24, 2.45) is 0 Å². The summed E-state index contributed by atoms with van der Waals surface area (Å²) in [5.74, 6) is 0.151. The summed E-state index contributed by atoms with van der Waals surface area (Å²) in [6.45, 7) is 4.17. The molecule has 2 heterocycles. The molecule has 1 atom stereocenters. The van der Waals surface area contributed by atoms with Crippen LogP contribution in [0.2, 0.25) is 0 Å². The number of benzene rings is 1. The zero-order chi connectivity index (χ0) is 17.1. The minimum Gasteiger partial charge on any atom is -0.355 e. The zero-order valence-electron chi connectivity index (χ0n) is 13.2. The van der Waals surface area contributed by atoms with Crippen molar-refractivity contribution in [2.45, 2.75) is 24.3 Å². The summed E-state index contributed by atoms with van der Waals surface area (Å²) in [6.07, 6.45) is 1.32. The molecule has 0 saturated carbocycles. The average molecular weight is 344 g/mol. The molecule has 9 heteroatoms. The zero-order valence-corrected chi connectivity index (χ0v) is 14.0. The maximum absolute atomic E-state index is 12.8. The molecule has 8 nitrogen and oxygen atoms in total. The molecule has 3 aromatic rings. The molecule has 2 aromatic heterocycles. The first-order valence-corrected chi connectivity index (χ1v) is 8.31. The summed E-state index contributed by atoms with van der Waals surface area (Å²) < 4.78 is 1.34. The Morgan fingerprint density at radius 2 is 2.21 bits per heavy atom. The normalized spacial score (nSPS) is 12.2. The first kappa shape index (κ1) is 16.2. The monoisotopic (exact) mass is 344 g/mol. The number of carbonyl (C=O) groups excluding carboxylic acids is 1. The number of rotatable bonds is 5. The lowest BCUT2D eigenvalue weighted by Gasteiger charge is -2.14. The number of aromatic amines is 1. The number of fused-ring (bicyclic) bond motifs is 1. The molecule has 2 N–H and O–H groups in total. The standard InChI is InChI=1S/C15H16N6O2S/c1-3-16-12(22)9(2)24-15-19-11-7-5-4-6-10(11)13(23)21(15)14-17-8-18-20-14/h4-9H,3H2,1-2H3,(H,16,22)(H,17,18,20)/t9-/m0/s1. The molecule has 0 fully saturated rings. The van der Waals surface area contributed by atoms with E-state index in [1.165, 1.54) is 22.7 Å². The highest BCUT2D eigenvalue weighted by Crippen LogP contribution is 2.23. The smallest absolute Gasteiger partial charge is 0.269 e. The number of nitrogens with zero attached hydrogens (tertiary/aromatic N) is 4. The van der Waals surface area contributed by atoms with Gasteiger partial charge in [-0.1, -0.05) is 23.9 Å². The number of hydrogen-bond donors (Lipinski definition) is 2. The minimum absolute atomic E-state index is 0.117. The lowest BCUT2D eigenvalue weighted by molar-refractivity contribution is -0.120. The summed E-state index contributed by atoms with van der Waals surface area (Å²) in [6, 6.07) is 7.07. The molecule has 0 radical (unpaired) electrons. The van der Waals surface area contributed by atoms with Crippen LogP contribution in [0, 0.1) is 0 Å².